The quantitative estimate of drug-likeness (QED) is 0.748. The number of carbonyl (C=O) groups excluding carboxylic acids is 1. The van der Waals surface area contributed by atoms with Gasteiger partial charge in [0.25, 0.3) is 0 Å². The highest BCUT2D eigenvalue weighted by Crippen LogP contribution is 2.12. The molecule has 4 nitrogen and oxygen atoms in total. The summed E-state index contributed by atoms with van der Waals surface area (Å²) in [4.78, 5) is 12.8. The van der Waals surface area contributed by atoms with Crippen molar-refractivity contribution in [2.75, 3.05) is 33.2 Å². The van der Waals surface area contributed by atoms with Crippen molar-refractivity contribution in [2.24, 2.45) is 0 Å². The van der Waals surface area contributed by atoms with Gasteiger partial charge in [-0.2, -0.15) is 13.2 Å². The number of nitrogens with one attached hydrogen (secondary N) is 2. The van der Waals surface area contributed by atoms with Crippen LogP contribution in [-0.2, 0) is 4.79 Å². The van der Waals surface area contributed by atoms with Gasteiger partial charge < -0.3 is 10.6 Å². The van der Waals surface area contributed by atoms with E-state index in [4.69, 9.17) is 0 Å². The van der Waals surface area contributed by atoms with Gasteiger partial charge >= 0.3 is 6.18 Å². The summed E-state index contributed by atoms with van der Waals surface area (Å²) >= 11 is 0. The lowest BCUT2D eigenvalue weighted by Gasteiger charge is -2.35. The molecule has 1 fully saturated rings. The van der Waals surface area contributed by atoms with Gasteiger partial charge in [0.1, 0.15) is 6.54 Å². The first-order valence-electron chi connectivity index (χ1n) is 4.63. The van der Waals surface area contributed by atoms with Crippen molar-refractivity contribution >= 4 is 18.3 Å². The zero-order chi connectivity index (χ0) is 11.5. The fourth-order valence-electron chi connectivity index (χ4n) is 1.20. The molecular formula is C8H15ClF3N3O. The van der Waals surface area contributed by atoms with Gasteiger partial charge in [0.2, 0.25) is 5.91 Å². The number of hydrogen-bond acceptors (Lipinski definition) is 3. The van der Waals surface area contributed by atoms with Crippen molar-refractivity contribution in [1.29, 1.82) is 0 Å². The highest BCUT2D eigenvalue weighted by atomic mass is 35.5. The van der Waals surface area contributed by atoms with Gasteiger partial charge in [-0.15, -0.1) is 12.4 Å². The van der Waals surface area contributed by atoms with E-state index in [0.29, 0.717) is 0 Å². The normalized spacial score (nSPS) is 16.6. The second-order valence-corrected chi connectivity index (χ2v) is 3.62. The van der Waals surface area contributed by atoms with Gasteiger partial charge in [-0.3, -0.25) is 9.69 Å². The van der Waals surface area contributed by atoms with Crippen LogP contribution in [0.1, 0.15) is 0 Å². The summed E-state index contributed by atoms with van der Waals surface area (Å²) in [5.74, 6) is -0.596. The van der Waals surface area contributed by atoms with Crippen LogP contribution in [0.2, 0.25) is 0 Å². The summed E-state index contributed by atoms with van der Waals surface area (Å²) in [6.07, 6.45) is -4.34. The van der Waals surface area contributed by atoms with Crippen LogP contribution in [0, 0.1) is 0 Å². The smallest absolute Gasteiger partial charge is 0.346 e. The minimum atomic E-state index is -4.34. The molecule has 0 aromatic heterocycles. The highest BCUT2D eigenvalue weighted by Gasteiger charge is 2.28. The third kappa shape index (κ3) is 5.53. The Morgan fingerprint density at radius 2 is 2.06 bits per heavy atom. The molecule has 0 aromatic rings. The number of nitrogens with zero attached hydrogens (tertiary/aromatic N) is 1. The van der Waals surface area contributed by atoms with E-state index in [1.54, 1.807) is 11.9 Å². The lowest BCUT2D eigenvalue weighted by atomic mass is 10.1. The van der Waals surface area contributed by atoms with Crippen LogP contribution in [0.3, 0.4) is 0 Å². The van der Waals surface area contributed by atoms with Crippen molar-refractivity contribution in [3.05, 3.63) is 0 Å². The fraction of sp³-hybridized carbons (Fsp3) is 0.875. The summed E-state index contributed by atoms with van der Waals surface area (Å²) in [5.41, 5.74) is 0. The first-order chi connectivity index (χ1) is 6.88. The second-order valence-electron chi connectivity index (χ2n) is 3.62. The van der Waals surface area contributed by atoms with Gasteiger partial charge in [0.15, 0.2) is 0 Å². The fourth-order valence-corrected chi connectivity index (χ4v) is 1.20. The van der Waals surface area contributed by atoms with Crippen LogP contribution in [0.4, 0.5) is 13.2 Å². The van der Waals surface area contributed by atoms with Gasteiger partial charge in [0, 0.05) is 19.1 Å². The third-order valence-corrected chi connectivity index (χ3v) is 2.26. The van der Waals surface area contributed by atoms with Gasteiger partial charge in [-0.25, -0.2) is 0 Å². The standard InChI is InChI=1S/C8H14F3N3O.ClH/c1-14(6-2-12-3-6)4-7(15)13-5-8(9,10)11;/h6,12H,2-5H2,1H3,(H,13,15);1H. The summed E-state index contributed by atoms with van der Waals surface area (Å²) < 4.78 is 35.3. The number of carbonyl (C=O) groups is 1. The lowest BCUT2D eigenvalue weighted by Crippen LogP contribution is -2.57. The summed E-state index contributed by atoms with van der Waals surface area (Å²) in [6, 6.07) is 0.252. The largest absolute Gasteiger partial charge is 0.405 e. The molecule has 2 N–H and O–H groups in total. The summed E-state index contributed by atoms with van der Waals surface area (Å²) in [7, 11) is 1.72. The van der Waals surface area contributed by atoms with Gasteiger partial charge in [0.05, 0.1) is 6.54 Å². The third-order valence-electron chi connectivity index (χ3n) is 2.26. The number of likely N-dealkylation sites (N-methyl/N-ethyl adjacent to an activating group) is 1. The maximum absolute atomic E-state index is 11.8. The summed E-state index contributed by atoms with van der Waals surface area (Å²) in [5, 5.41) is 4.85. The second kappa shape index (κ2) is 6.27. The monoisotopic (exact) mass is 261 g/mol. The molecule has 0 unspecified atom stereocenters. The molecule has 0 atom stereocenters. The number of hydrogen-bond donors (Lipinski definition) is 2. The Hall–Kier alpha value is -0.530. The molecule has 96 valence electrons. The molecule has 0 aliphatic carbocycles. The SMILES string of the molecule is CN(CC(=O)NCC(F)(F)F)C1CNC1.Cl. The van der Waals surface area contributed by atoms with Crippen molar-refractivity contribution < 1.29 is 18.0 Å². The Balaban J connectivity index is 0.00000225. The van der Waals surface area contributed by atoms with E-state index in [0.717, 1.165) is 13.1 Å². The number of alkyl halides is 3. The zero-order valence-electron chi connectivity index (χ0n) is 8.80. The molecule has 0 aromatic carbocycles. The first-order valence-corrected chi connectivity index (χ1v) is 4.63. The molecule has 1 aliphatic rings. The van der Waals surface area contributed by atoms with E-state index in [-0.39, 0.29) is 25.0 Å². The molecule has 8 heteroatoms. The van der Waals surface area contributed by atoms with Crippen molar-refractivity contribution in [2.45, 2.75) is 12.2 Å². The maximum Gasteiger partial charge on any atom is 0.405 e. The summed E-state index contributed by atoms with van der Waals surface area (Å²) in [6.45, 7) is 0.303. The van der Waals surface area contributed by atoms with Gasteiger partial charge in [-0.05, 0) is 7.05 Å². The molecule has 1 heterocycles. The molecule has 1 amide bonds. The maximum atomic E-state index is 11.8. The Kier molecular flexibility index (Phi) is 6.06. The topological polar surface area (TPSA) is 44.4 Å². The van der Waals surface area contributed by atoms with Crippen LogP contribution in [0.25, 0.3) is 0 Å². The number of rotatable bonds is 4. The van der Waals surface area contributed by atoms with Crippen LogP contribution in [0.5, 0.6) is 0 Å². The van der Waals surface area contributed by atoms with Crippen molar-refractivity contribution in [3.63, 3.8) is 0 Å². The average molecular weight is 262 g/mol. The van der Waals surface area contributed by atoms with E-state index < -0.39 is 18.6 Å². The number of amides is 1. The van der Waals surface area contributed by atoms with E-state index in [1.807, 2.05) is 5.32 Å². The predicted octanol–water partition coefficient (Wildman–Crippen LogP) is -0.00970. The first kappa shape index (κ1) is 15.5. The van der Waals surface area contributed by atoms with Crippen molar-refractivity contribution in [1.82, 2.24) is 15.5 Å². The predicted molar refractivity (Wildman–Crippen MR) is 55.6 cm³/mol. The van der Waals surface area contributed by atoms with Crippen LogP contribution < -0.4 is 10.6 Å². The van der Waals surface area contributed by atoms with Crippen molar-refractivity contribution in [3.8, 4) is 0 Å². The van der Waals surface area contributed by atoms with E-state index in [9.17, 15) is 18.0 Å². The lowest BCUT2D eigenvalue weighted by molar-refractivity contribution is -0.139. The average Bonchev–Trinajstić information content (AvgIpc) is 1.95. The molecule has 1 rings (SSSR count). The molecule has 0 radical (unpaired) electrons. The highest BCUT2D eigenvalue weighted by molar-refractivity contribution is 5.85. The Morgan fingerprint density at radius 3 is 2.44 bits per heavy atom. The minimum absolute atomic E-state index is 0. The Labute approximate surface area is 98.0 Å². The van der Waals surface area contributed by atoms with E-state index in [1.165, 1.54) is 0 Å². The number of halogens is 4. The molecule has 0 saturated carbocycles. The van der Waals surface area contributed by atoms with E-state index in [2.05, 4.69) is 5.32 Å². The molecule has 0 spiro atoms. The molecule has 1 saturated heterocycles. The Morgan fingerprint density at radius 1 is 1.50 bits per heavy atom. The molecule has 1 aliphatic heterocycles. The molecule has 0 bridgehead atoms. The van der Waals surface area contributed by atoms with Crippen LogP contribution in [-0.4, -0.2) is 56.3 Å². The van der Waals surface area contributed by atoms with Gasteiger partial charge in [-0.1, -0.05) is 0 Å². The van der Waals surface area contributed by atoms with Crippen LogP contribution >= 0.6 is 12.4 Å². The van der Waals surface area contributed by atoms with Crippen LogP contribution in [0.15, 0.2) is 0 Å². The molecule has 16 heavy (non-hydrogen) atoms. The Bertz CT molecular complexity index is 233. The zero-order valence-corrected chi connectivity index (χ0v) is 9.62. The minimum Gasteiger partial charge on any atom is -0.346 e. The molecular weight excluding hydrogens is 247 g/mol. The van der Waals surface area contributed by atoms with E-state index >= 15 is 0 Å².